The third-order valence-electron chi connectivity index (χ3n) is 5.32. The number of carbonyl (C=O) groups excluding carboxylic acids is 1. The van der Waals surface area contributed by atoms with Crippen molar-refractivity contribution < 1.29 is 4.79 Å². The van der Waals surface area contributed by atoms with Crippen LogP contribution in [-0.2, 0) is 4.79 Å². The third kappa shape index (κ3) is 5.56. The molecular formula is C25H29N3O. The van der Waals surface area contributed by atoms with E-state index in [0.29, 0.717) is 12.0 Å². The molecule has 4 heteroatoms. The lowest BCUT2D eigenvalue weighted by molar-refractivity contribution is -0.122. The van der Waals surface area contributed by atoms with Gasteiger partial charge in [-0.05, 0) is 41.0 Å². The number of nitrogens with zero attached hydrogens (tertiary/aromatic N) is 1. The zero-order valence-corrected chi connectivity index (χ0v) is 17.2. The van der Waals surface area contributed by atoms with Gasteiger partial charge in [-0.3, -0.25) is 4.79 Å². The van der Waals surface area contributed by atoms with Crippen molar-refractivity contribution in [1.29, 1.82) is 5.26 Å². The summed E-state index contributed by atoms with van der Waals surface area (Å²) in [5, 5.41) is 15.0. The van der Waals surface area contributed by atoms with Crippen molar-refractivity contribution >= 4 is 5.91 Å². The molecule has 150 valence electrons. The smallest absolute Gasteiger partial charge is 0.228 e. The first kappa shape index (κ1) is 20.8. The van der Waals surface area contributed by atoms with Crippen molar-refractivity contribution in [2.75, 3.05) is 13.1 Å². The van der Waals surface area contributed by atoms with Crippen molar-refractivity contribution in [3.8, 4) is 17.2 Å². The molecule has 0 saturated heterocycles. The fraction of sp³-hybridized carbons (Fsp3) is 0.360. The van der Waals surface area contributed by atoms with Gasteiger partial charge < -0.3 is 10.6 Å². The van der Waals surface area contributed by atoms with Crippen LogP contribution in [0.4, 0.5) is 0 Å². The lowest BCUT2D eigenvalue weighted by atomic mass is 9.87. The van der Waals surface area contributed by atoms with E-state index in [9.17, 15) is 4.79 Å². The second-order valence-corrected chi connectivity index (χ2v) is 7.97. The summed E-state index contributed by atoms with van der Waals surface area (Å²) in [6.45, 7) is 5.18. The molecule has 1 aliphatic heterocycles. The van der Waals surface area contributed by atoms with Crippen LogP contribution in [0.5, 0.6) is 0 Å². The standard InChI is InChI=1S/C25H29N3O/c1-18(2)16-23(25(29)28-15-13-26)22-7-5-6-21(17-22)19-9-11-20(12-10-19)24-8-3-4-14-27-24/h3-7,9-12,17-18,23-24,27H,8,14-16H2,1-2H3,(H,28,29). The van der Waals surface area contributed by atoms with Gasteiger partial charge in [0.1, 0.15) is 6.54 Å². The van der Waals surface area contributed by atoms with Crippen molar-refractivity contribution in [2.24, 2.45) is 5.92 Å². The highest BCUT2D eigenvalue weighted by molar-refractivity contribution is 5.84. The number of nitriles is 1. The van der Waals surface area contributed by atoms with Crippen LogP contribution in [-0.4, -0.2) is 19.0 Å². The Kier molecular flexibility index (Phi) is 7.21. The lowest BCUT2D eigenvalue weighted by Crippen LogP contribution is -2.30. The van der Waals surface area contributed by atoms with Crippen molar-refractivity contribution in [3.63, 3.8) is 0 Å². The van der Waals surface area contributed by atoms with E-state index in [1.54, 1.807) is 0 Å². The van der Waals surface area contributed by atoms with Crippen LogP contribution in [0.2, 0.25) is 0 Å². The minimum atomic E-state index is -0.249. The summed E-state index contributed by atoms with van der Waals surface area (Å²) in [5.74, 6) is 0.0535. The molecule has 1 amide bonds. The van der Waals surface area contributed by atoms with Crippen LogP contribution in [0.15, 0.2) is 60.7 Å². The van der Waals surface area contributed by atoms with E-state index in [4.69, 9.17) is 5.26 Å². The van der Waals surface area contributed by atoms with Gasteiger partial charge in [-0.2, -0.15) is 5.26 Å². The molecular weight excluding hydrogens is 358 g/mol. The lowest BCUT2D eigenvalue weighted by Gasteiger charge is -2.21. The van der Waals surface area contributed by atoms with Crippen LogP contribution in [0, 0.1) is 17.2 Å². The van der Waals surface area contributed by atoms with E-state index in [1.165, 1.54) is 5.56 Å². The quantitative estimate of drug-likeness (QED) is 0.534. The molecule has 0 radical (unpaired) electrons. The second kappa shape index (κ2) is 10.0. The predicted molar refractivity (Wildman–Crippen MR) is 117 cm³/mol. The molecule has 4 nitrogen and oxygen atoms in total. The van der Waals surface area contributed by atoms with Gasteiger partial charge in [0.25, 0.3) is 0 Å². The van der Waals surface area contributed by atoms with Gasteiger partial charge in [-0.25, -0.2) is 0 Å². The summed E-state index contributed by atoms with van der Waals surface area (Å²) in [6, 6.07) is 19.2. The molecule has 2 aromatic rings. The minimum absolute atomic E-state index is 0.0406. The molecule has 2 N–H and O–H groups in total. The first-order valence-electron chi connectivity index (χ1n) is 10.3. The van der Waals surface area contributed by atoms with Gasteiger partial charge in [-0.1, -0.05) is 74.5 Å². The Labute approximate surface area is 173 Å². The highest BCUT2D eigenvalue weighted by atomic mass is 16.1. The monoisotopic (exact) mass is 387 g/mol. The first-order chi connectivity index (χ1) is 14.1. The summed E-state index contributed by atoms with van der Waals surface area (Å²) in [4.78, 5) is 12.6. The normalized spacial score (nSPS) is 17.0. The van der Waals surface area contributed by atoms with Crippen LogP contribution >= 0.6 is 0 Å². The number of carbonyl (C=O) groups is 1. The van der Waals surface area contributed by atoms with Crippen LogP contribution in [0.1, 0.15) is 49.8 Å². The molecule has 3 rings (SSSR count). The van der Waals surface area contributed by atoms with Crippen LogP contribution in [0.3, 0.4) is 0 Å². The van der Waals surface area contributed by atoms with E-state index in [2.05, 4.69) is 73.0 Å². The maximum absolute atomic E-state index is 12.6. The van der Waals surface area contributed by atoms with E-state index in [-0.39, 0.29) is 18.4 Å². The number of benzene rings is 2. The molecule has 0 saturated carbocycles. The zero-order valence-electron chi connectivity index (χ0n) is 17.2. The highest BCUT2D eigenvalue weighted by Crippen LogP contribution is 2.30. The molecule has 29 heavy (non-hydrogen) atoms. The molecule has 0 aliphatic carbocycles. The van der Waals surface area contributed by atoms with E-state index in [1.807, 2.05) is 18.2 Å². The Balaban J connectivity index is 1.82. The Bertz CT molecular complexity index is 893. The van der Waals surface area contributed by atoms with E-state index >= 15 is 0 Å². The Morgan fingerprint density at radius 1 is 1.17 bits per heavy atom. The van der Waals surface area contributed by atoms with E-state index in [0.717, 1.165) is 36.1 Å². The van der Waals surface area contributed by atoms with Gasteiger partial charge in [-0.15, -0.1) is 0 Å². The summed E-state index contributed by atoms with van der Waals surface area (Å²) in [7, 11) is 0. The summed E-state index contributed by atoms with van der Waals surface area (Å²) in [6.07, 6.45) is 6.16. The molecule has 1 heterocycles. The van der Waals surface area contributed by atoms with Gasteiger partial charge in [0.15, 0.2) is 0 Å². The summed E-state index contributed by atoms with van der Waals surface area (Å²) in [5.41, 5.74) is 4.53. The second-order valence-electron chi connectivity index (χ2n) is 7.97. The minimum Gasteiger partial charge on any atom is -0.342 e. The number of hydrogen-bond donors (Lipinski definition) is 2. The van der Waals surface area contributed by atoms with Gasteiger partial charge in [0.2, 0.25) is 5.91 Å². The molecule has 2 atom stereocenters. The fourth-order valence-electron chi connectivity index (χ4n) is 3.82. The number of rotatable bonds is 7. The predicted octanol–water partition coefficient (Wildman–Crippen LogP) is 4.71. The topological polar surface area (TPSA) is 64.9 Å². The molecule has 0 fully saturated rings. The molecule has 0 bridgehead atoms. The van der Waals surface area contributed by atoms with Gasteiger partial charge in [0, 0.05) is 12.6 Å². The van der Waals surface area contributed by atoms with Crippen LogP contribution in [0.25, 0.3) is 11.1 Å². The third-order valence-corrected chi connectivity index (χ3v) is 5.32. The van der Waals surface area contributed by atoms with Gasteiger partial charge >= 0.3 is 0 Å². The van der Waals surface area contributed by atoms with Crippen LogP contribution < -0.4 is 10.6 Å². The first-order valence-corrected chi connectivity index (χ1v) is 10.3. The average Bonchev–Trinajstić information content (AvgIpc) is 2.76. The molecule has 1 aliphatic rings. The Hall–Kier alpha value is -2.90. The average molecular weight is 388 g/mol. The SMILES string of the molecule is CC(C)CC(C(=O)NCC#N)c1cccc(-c2ccc(C3CC=CCN3)cc2)c1. The molecule has 0 spiro atoms. The summed E-state index contributed by atoms with van der Waals surface area (Å²) >= 11 is 0. The zero-order chi connectivity index (χ0) is 20.6. The molecule has 2 aromatic carbocycles. The fourth-order valence-corrected chi connectivity index (χ4v) is 3.82. The van der Waals surface area contributed by atoms with Crippen molar-refractivity contribution in [2.45, 2.75) is 38.6 Å². The van der Waals surface area contributed by atoms with Gasteiger partial charge in [0.05, 0.1) is 12.0 Å². The number of hydrogen-bond acceptors (Lipinski definition) is 3. The Morgan fingerprint density at radius 2 is 1.97 bits per heavy atom. The number of nitrogens with one attached hydrogen (secondary N) is 2. The number of amides is 1. The largest absolute Gasteiger partial charge is 0.342 e. The molecule has 0 aromatic heterocycles. The maximum Gasteiger partial charge on any atom is 0.228 e. The van der Waals surface area contributed by atoms with E-state index < -0.39 is 0 Å². The summed E-state index contributed by atoms with van der Waals surface area (Å²) < 4.78 is 0. The van der Waals surface area contributed by atoms with Crippen molar-refractivity contribution in [1.82, 2.24) is 10.6 Å². The highest BCUT2D eigenvalue weighted by Gasteiger charge is 2.22. The maximum atomic E-state index is 12.6. The molecule has 2 unspecified atom stereocenters. The van der Waals surface area contributed by atoms with Crippen molar-refractivity contribution in [3.05, 3.63) is 71.8 Å². The Morgan fingerprint density at radius 3 is 2.62 bits per heavy atom.